The summed E-state index contributed by atoms with van der Waals surface area (Å²) in [6, 6.07) is 4.28. The highest BCUT2D eigenvalue weighted by molar-refractivity contribution is 7.89. The summed E-state index contributed by atoms with van der Waals surface area (Å²) >= 11 is 0. The fourth-order valence-corrected chi connectivity index (χ4v) is 3.30. The smallest absolute Gasteiger partial charge is 0.243 e. The van der Waals surface area contributed by atoms with Gasteiger partial charge in [0.1, 0.15) is 5.82 Å². The van der Waals surface area contributed by atoms with Crippen LogP contribution in [0, 0.1) is 12.7 Å². The molecule has 0 bridgehead atoms. The number of aryl methyl sites for hydroxylation is 1. The van der Waals surface area contributed by atoms with Gasteiger partial charge in [-0.15, -0.1) is 0 Å². The molecule has 1 aromatic carbocycles. The van der Waals surface area contributed by atoms with Crippen LogP contribution in [0.2, 0.25) is 0 Å². The van der Waals surface area contributed by atoms with Crippen molar-refractivity contribution in [1.29, 1.82) is 0 Å². The van der Waals surface area contributed by atoms with E-state index < -0.39 is 15.8 Å². The Morgan fingerprint density at radius 1 is 1.38 bits per heavy atom. The van der Waals surface area contributed by atoms with E-state index in [9.17, 15) is 12.8 Å². The molecular weight excluding hydrogens is 295 g/mol. The van der Waals surface area contributed by atoms with Gasteiger partial charge < -0.3 is 10.2 Å². The molecule has 2 aromatic rings. The Balaban J connectivity index is 2.37. The quantitative estimate of drug-likeness (QED) is 0.916. The largest absolute Gasteiger partial charge is 0.472 e. The van der Waals surface area contributed by atoms with Gasteiger partial charge in [-0.25, -0.2) is 12.8 Å². The number of furan rings is 1. The van der Waals surface area contributed by atoms with E-state index in [1.165, 1.54) is 42.9 Å². The van der Waals surface area contributed by atoms with E-state index in [0.29, 0.717) is 0 Å². The van der Waals surface area contributed by atoms with Crippen molar-refractivity contribution in [3.63, 3.8) is 0 Å². The van der Waals surface area contributed by atoms with Crippen molar-refractivity contribution in [3.05, 3.63) is 53.2 Å². The number of halogens is 1. The Hall–Kier alpha value is -1.70. The monoisotopic (exact) mass is 312 g/mol. The van der Waals surface area contributed by atoms with E-state index in [1.54, 1.807) is 6.07 Å². The van der Waals surface area contributed by atoms with Crippen LogP contribution in [-0.4, -0.2) is 19.8 Å². The normalized spacial score (nSPS) is 12.0. The molecule has 0 atom stereocenters. The highest BCUT2D eigenvalue weighted by atomic mass is 32.2. The summed E-state index contributed by atoms with van der Waals surface area (Å²) in [7, 11) is -2.26. The average molecular weight is 312 g/mol. The second kappa shape index (κ2) is 5.97. The molecule has 0 amide bonds. The molecule has 1 aromatic heterocycles. The number of benzene rings is 1. The van der Waals surface area contributed by atoms with Crippen LogP contribution in [0.25, 0.3) is 0 Å². The summed E-state index contributed by atoms with van der Waals surface area (Å²) in [5, 5.41) is 0. The zero-order valence-corrected chi connectivity index (χ0v) is 12.7. The molecule has 0 fully saturated rings. The zero-order valence-electron chi connectivity index (χ0n) is 11.8. The lowest BCUT2D eigenvalue weighted by molar-refractivity contribution is 0.463. The van der Waals surface area contributed by atoms with Gasteiger partial charge in [-0.2, -0.15) is 4.31 Å². The Labute approximate surface area is 123 Å². The molecule has 2 rings (SSSR count). The molecular formula is C14H17FN2O3S. The van der Waals surface area contributed by atoms with Crippen LogP contribution in [0.5, 0.6) is 0 Å². The summed E-state index contributed by atoms with van der Waals surface area (Å²) in [5.41, 5.74) is 6.63. The molecule has 0 unspecified atom stereocenters. The van der Waals surface area contributed by atoms with E-state index in [-0.39, 0.29) is 29.1 Å². The highest BCUT2D eigenvalue weighted by Crippen LogP contribution is 2.22. The number of nitrogens with two attached hydrogens (primary N) is 1. The van der Waals surface area contributed by atoms with Gasteiger partial charge in [0.15, 0.2) is 0 Å². The van der Waals surface area contributed by atoms with E-state index in [1.807, 2.05) is 0 Å². The van der Waals surface area contributed by atoms with Gasteiger partial charge in [0.05, 0.1) is 17.4 Å². The second-order valence-electron chi connectivity index (χ2n) is 4.81. The maximum Gasteiger partial charge on any atom is 0.243 e. The lowest BCUT2D eigenvalue weighted by atomic mass is 10.1. The van der Waals surface area contributed by atoms with Crippen molar-refractivity contribution in [2.45, 2.75) is 24.9 Å². The topological polar surface area (TPSA) is 76.5 Å². The maximum absolute atomic E-state index is 13.8. The fourth-order valence-electron chi connectivity index (χ4n) is 2.01. The molecule has 2 N–H and O–H groups in total. The van der Waals surface area contributed by atoms with Gasteiger partial charge in [0.25, 0.3) is 0 Å². The Morgan fingerprint density at radius 3 is 2.67 bits per heavy atom. The lowest BCUT2D eigenvalue weighted by Crippen LogP contribution is -2.26. The lowest BCUT2D eigenvalue weighted by Gasteiger charge is -2.17. The summed E-state index contributed by atoms with van der Waals surface area (Å²) in [5.74, 6) is -0.464. The minimum atomic E-state index is -3.72. The zero-order chi connectivity index (χ0) is 15.6. The van der Waals surface area contributed by atoms with Crippen LogP contribution >= 0.6 is 0 Å². The van der Waals surface area contributed by atoms with Crippen LogP contribution in [0.1, 0.15) is 16.7 Å². The standard InChI is InChI=1S/C14H17FN2O3S/c1-10-5-13(6-12(7-16)14(10)15)21(18,19)17(2)8-11-3-4-20-9-11/h3-6,9H,7-8,16H2,1-2H3. The molecule has 5 nitrogen and oxygen atoms in total. The van der Waals surface area contributed by atoms with Gasteiger partial charge >= 0.3 is 0 Å². The molecule has 114 valence electrons. The summed E-state index contributed by atoms with van der Waals surface area (Å²) < 4.78 is 44.9. The molecule has 21 heavy (non-hydrogen) atoms. The molecule has 0 saturated heterocycles. The number of rotatable bonds is 5. The predicted molar refractivity (Wildman–Crippen MR) is 76.4 cm³/mol. The molecule has 0 spiro atoms. The van der Waals surface area contributed by atoms with Gasteiger partial charge in [-0.05, 0) is 30.7 Å². The van der Waals surface area contributed by atoms with Crippen LogP contribution in [0.3, 0.4) is 0 Å². The van der Waals surface area contributed by atoms with Crippen molar-refractivity contribution >= 4 is 10.0 Å². The third-order valence-corrected chi connectivity index (χ3v) is 5.00. The minimum Gasteiger partial charge on any atom is -0.472 e. The number of hydrogen-bond donors (Lipinski definition) is 1. The van der Waals surface area contributed by atoms with E-state index in [0.717, 1.165) is 5.56 Å². The predicted octanol–water partition coefficient (Wildman–Crippen LogP) is 2.01. The number of sulfonamides is 1. The van der Waals surface area contributed by atoms with E-state index >= 15 is 0 Å². The van der Waals surface area contributed by atoms with E-state index in [4.69, 9.17) is 10.2 Å². The first-order valence-electron chi connectivity index (χ1n) is 6.32. The first-order valence-corrected chi connectivity index (χ1v) is 7.76. The van der Waals surface area contributed by atoms with Crippen molar-refractivity contribution in [2.75, 3.05) is 7.05 Å². The molecule has 0 radical (unpaired) electrons. The first-order chi connectivity index (χ1) is 9.86. The summed E-state index contributed by atoms with van der Waals surface area (Å²) in [6.07, 6.45) is 2.96. The molecule has 0 saturated carbocycles. The summed E-state index contributed by atoms with van der Waals surface area (Å²) in [4.78, 5) is 0.0350. The Morgan fingerprint density at radius 2 is 2.10 bits per heavy atom. The van der Waals surface area contributed by atoms with Crippen molar-refractivity contribution in [3.8, 4) is 0 Å². The van der Waals surface area contributed by atoms with Gasteiger partial charge in [0.2, 0.25) is 10.0 Å². The second-order valence-corrected chi connectivity index (χ2v) is 6.85. The highest BCUT2D eigenvalue weighted by Gasteiger charge is 2.23. The van der Waals surface area contributed by atoms with Crippen LogP contribution in [0.15, 0.2) is 40.0 Å². The van der Waals surface area contributed by atoms with Gasteiger partial charge in [-0.1, -0.05) is 0 Å². The number of hydrogen-bond acceptors (Lipinski definition) is 4. The third kappa shape index (κ3) is 3.15. The third-order valence-electron chi connectivity index (χ3n) is 3.22. The Bertz CT molecular complexity index is 727. The molecule has 0 aliphatic rings. The molecule has 1 heterocycles. The number of nitrogens with zero attached hydrogens (tertiary/aromatic N) is 1. The Kier molecular flexibility index (Phi) is 4.46. The molecule has 0 aliphatic carbocycles. The molecule has 7 heteroatoms. The van der Waals surface area contributed by atoms with Gasteiger partial charge in [-0.3, -0.25) is 0 Å². The van der Waals surface area contributed by atoms with Crippen molar-refractivity contribution < 1.29 is 17.2 Å². The summed E-state index contributed by atoms with van der Waals surface area (Å²) in [6.45, 7) is 1.64. The minimum absolute atomic E-state index is 0.0350. The molecule has 0 aliphatic heterocycles. The SMILES string of the molecule is Cc1cc(S(=O)(=O)N(C)Cc2ccoc2)cc(CN)c1F. The average Bonchev–Trinajstić information content (AvgIpc) is 2.94. The first kappa shape index (κ1) is 15.7. The van der Waals surface area contributed by atoms with E-state index in [2.05, 4.69) is 0 Å². The van der Waals surface area contributed by atoms with Crippen molar-refractivity contribution in [1.82, 2.24) is 4.31 Å². The maximum atomic E-state index is 13.8. The van der Waals surface area contributed by atoms with Crippen molar-refractivity contribution in [2.24, 2.45) is 5.73 Å². The van der Waals surface area contributed by atoms with Gasteiger partial charge in [0, 0.05) is 31.3 Å². The van der Waals surface area contributed by atoms with Crippen LogP contribution in [0.4, 0.5) is 4.39 Å². The fraction of sp³-hybridized carbons (Fsp3) is 0.286. The van der Waals surface area contributed by atoms with Crippen LogP contribution in [-0.2, 0) is 23.1 Å². The van der Waals surface area contributed by atoms with Crippen LogP contribution < -0.4 is 5.73 Å².